The van der Waals surface area contributed by atoms with Crippen LogP contribution in [0.3, 0.4) is 0 Å². The van der Waals surface area contributed by atoms with E-state index < -0.39 is 6.04 Å². The smallest absolute Gasteiger partial charge is 0.244 e. The maximum Gasteiger partial charge on any atom is 0.244 e. The van der Waals surface area contributed by atoms with E-state index in [0.29, 0.717) is 6.54 Å². The van der Waals surface area contributed by atoms with Gasteiger partial charge >= 0.3 is 0 Å². The van der Waals surface area contributed by atoms with E-state index in [2.05, 4.69) is 10.4 Å². The van der Waals surface area contributed by atoms with E-state index in [1.807, 2.05) is 23.0 Å². The molecular weight excluding hydrogens is 306 g/mol. The maximum absolute atomic E-state index is 12.9. The minimum Gasteiger partial charge on any atom is -0.342 e. The molecule has 24 heavy (non-hydrogen) atoms. The zero-order chi connectivity index (χ0) is 17.1. The molecule has 7 nitrogen and oxygen atoms in total. The zero-order valence-corrected chi connectivity index (χ0v) is 14.6. The number of aryl methyl sites for hydroxylation is 1. The molecule has 0 spiro atoms. The molecular formula is C17H27N5O2. The van der Waals surface area contributed by atoms with Gasteiger partial charge in [0.15, 0.2) is 0 Å². The first-order valence-corrected chi connectivity index (χ1v) is 8.83. The van der Waals surface area contributed by atoms with Gasteiger partial charge in [0, 0.05) is 45.0 Å². The van der Waals surface area contributed by atoms with Crippen molar-refractivity contribution in [3.8, 4) is 0 Å². The van der Waals surface area contributed by atoms with Crippen molar-refractivity contribution in [2.24, 2.45) is 13.0 Å². The third kappa shape index (κ3) is 3.45. The quantitative estimate of drug-likeness (QED) is 0.873. The SMILES string of the molecule is CNC(C(=O)N1CCCC(C(=O)N2CCCC2)C1)c1cnn(C)c1. The summed E-state index contributed by atoms with van der Waals surface area (Å²) < 4.78 is 1.70. The van der Waals surface area contributed by atoms with Crippen LogP contribution < -0.4 is 5.32 Å². The lowest BCUT2D eigenvalue weighted by molar-refractivity contribution is -0.141. The molecule has 1 aromatic heterocycles. The third-order valence-corrected chi connectivity index (χ3v) is 5.09. The summed E-state index contributed by atoms with van der Waals surface area (Å²) in [7, 11) is 3.62. The largest absolute Gasteiger partial charge is 0.342 e. The summed E-state index contributed by atoms with van der Waals surface area (Å²) in [5, 5.41) is 7.24. The molecule has 132 valence electrons. The fourth-order valence-corrected chi connectivity index (χ4v) is 3.78. The Morgan fingerprint density at radius 1 is 1.21 bits per heavy atom. The summed E-state index contributed by atoms with van der Waals surface area (Å²) in [5.41, 5.74) is 0.859. The number of nitrogens with one attached hydrogen (secondary N) is 1. The predicted molar refractivity (Wildman–Crippen MR) is 90.1 cm³/mol. The van der Waals surface area contributed by atoms with Crippen LogP contribution in [0.1, 0.15) is 37.3 Å². The van der Waals surface area contributed by atoms with Gasteiger partial charge in [-0.3, -0.25) is 14.3 Å². The predicted octanol–water partition coefficient (Wildman–Crippen LogP) is 0.542. The zero-order valence-electron chi connectivity index (χ0n) is 14.6. The van der Waals surface area contributed by atoms with E-state index in [9.17, 15) is 9.59 Å². The number of rotatable bonds is 4. The Balaban J connectivity index is 1.66. The van der Waals surface area contributed by atoms with Crippen LogP contribution in [0, 0.1) is 5.92 Å². The van der Waals surface area contributed by atoms with Crippen molar-refractivity contribution < 1.29 is 9.59 Å². The van der Waals surface area contributed by atoms with Crippen LogP contribution >= 0.6 is 0 Å². The second-order valence-corrected chi connectivity index (χ2v) is 6.82. The standard InChI is InChI=1S/C17H27N5O2/c1-18-15(14-10-19-20(2)11-14)17(24)22-9-5-6-13(12-22)16(23)21-7-3-4-8-21/h10-11,13,15,18H,3-9,12H2,1-2H3. The number of amides is 2. The Kier molecular flexibility index (Phi) is 5.18. The third-order valence-electron chi connectivity index (χ3n) is 5.09. The first-order valence-electron chi connectivity index (χ1n) is 8.83. The van der Waals surface area contributed by atoms with E-state index in [4.69, 9.17) is 0 Å². The molecule has 0 radical (unpaired) electrons. The first-order chi connectivity index (χ1) is 11.6. The molecule has 2 unspecified atom stereocenters. The number of hydrogen-bond acceptors (Lipinski definition) is 4. The highest BCUT2D eigenvalue weighted by atomic mass is 16.2. The van der Waals surface area contributed by atoms with Gasteiger partial charge in [0.1, 0.15) is 6.04 Å². The minimum atomic E-state index is -0.403. The topological polar surface area (TPSA) is 70.5 Å². The van der Waals surface area contributed by atoms with Gasteiger partial charge in [0.2, 0.25) is 11.8 Å². The molecule has 2 amide bonds. The molecule has 0 aliphatic carbocycles. The van der Waals surface area contributed by atoms with Crippen molar-refractivity contribution in [2.45, 2.75) is 31.7 Å². The molecule has 3 rings (SSSR count). The number of nitrogens with zero attached hydrogens (tertiary/aromatic N) is 4. The van der Waals surface area contributed by atoms with Gasteiger partial charge in [0.05, 0.1) is 12.1 Å². The highest BCUT2D eigenvalue weighted by molar-refractivity contribution is 5.85. The average molecular weight is 333 g/mol. The fraction of sp³-hybridized carbons (Fsp3) is 0.706. The number of carbonyl (C=O) groups excluding carboxylic acids is 2. The van der Waals surface area contributed by atoms with Gasteiger partial charge in [-0.1, -0.05) is 0 Å². The highest BCUT2D eigenvalue weighted by Crippen LogP contribution is 2.24. The van der Waals surface area contributed by atoms with Crippen molar-refractivity contribution in [2.75, 3.05) is 33.2 Å². The van der Waals surface area contributed by atoms with Crippen LogP contribution in [0.25, 0.3) is 0 Å². The minimum absolute atomic E-state index is 0.0319. The van der Waals surface area contributed by atoms with Crippen molar-refractivity contribution in [3.05, 3.63) is 18.0 Å². The summed E-state index contributed by atoms with van der Waals surface area (Å²) in [6.07, 6.45) is 7.55. The number of hydrogen-bond donors (Lipinski definition) is 1. The van der Waals surface area contributed by atoms with Crippen LogP contribution in [0.5, 0.6) is 0 Å². The van der Waals surface area contributed by atoms with E-state index in [1.165, 1.54) is 0 Å². The average Bonchev–Trinajstić information content (AvgIpc) is 3.27. The first kappa shape index (κ1) is 17.0. The van der Waals surface area contributed by atoms with E-state index >= 15 is 0 Å². The molecule has 2 atom stereocenters. The molecule has 0 saturated carbocycles. The monoisotopic (exact) mass is 333 g/mol. The van der Waals surface area contributed by atoms with E-state index in [1.54, 1.807) is 17.9 Å². The summed E-state index contributed by atoms with van der Waals surface area (Å²) in [6, 6.07) is -0.403. The lowest BCUT2D eigenvalue weighted by Crippen LogP contribution is -2.48. The van der Waals surface area contributed by atoms with Crippen LogP contribution in [0.2, 0.25) is 0 Å². The molecule has 0 aromatic carbocycles. The van der Waals surface area contributed by atoms with Crippen LogP contribution in [-0.4, -0.2) is 64.6 Å². The molecule has 2 aliphatic rings. The number of aromatic nitrogens is 2. The molecule has 2 aliphatic heterocycles. The summed E-state index contributed by atoms with van der Waals surface area (Å²) >= 11 is 0. The highest BCUT2D eigenvalue weighted by Gasteiger charge is 2.34. The lowest BCUT2D eigenvalue weighted by atomic mass is 9.95. The van der Waals surface area contributed by atoms with E-state index in [-0.39, 0.29) is 17.7 Å². The molecule has 2 fully saturated rings. The van der Waals surface area contributed by atoms with Gasteiger partial charge < -0.3 is 15.1 Å². The number of likely N-dealkylation sites (tertiary alicyclic amines) is 2. The van der Waals surface area contributed by atoms with Gasteiger partial charge in [-0.15, -0.1) is 0 Å². The van der Waals surface area contributed by atoms with Crippen LogP contribution in [0.15, 0.2) is 12.4 Å². The normalized spacial score (nSPS) is 22.7. The number of likely N-dealkylation sites (N-methyl/N-ethyl adjacent to an activating group) is 1. The molecule has 1 N–H and O–H groups in total. The Morgan fingerprint density at radius 3 is 2.54 bits per heavy atom. The van der Waals surface area contributed by atoms with Gasteiger partial charge in [0.25, 0.3) is 0 Å². The Labute approximate surface area is 143 Å². The maximum atomic E-state index is 12.9. The van der Waals surface area contributed by atoms with Crippen LogP contribution in [-0.2, 0) is 16.6 Å². The van der Waals surface area contributed by atoms with Crippen molar-refractivity contribution in [1.29, 1.82) is 0 Å². The summed E-state index contributed by atoms with van der Waals surface area (Å²) in [6.45, 7) is 3.00. The van der Waals surface area contributed by atoms with Crippen molar-refractivity contribution in [1.82, 2.24) is 24.9 Å². The van der Waals surface area contributed by atoms with Crippen LogP contribution in [0.4, 0.5) is 0 Å². The number of piperidine rings is 1. The summed E-state index contributed by atoms with van der Waals surface area (Å²) in [4.78, 5) is 29.4. The second-order valence-electron chi connectivity index (χ2n) is 6.82. The van der Waals surface area contributed by atoms with Gasteiger partial charge in [-0.25, -0.2) is 0 Å². The molecule has 0 bridgehead atoms. The summed E-state index contributed by atoms with van der Waals surface area (Å²) in [5.74, 6) is 0.212. The lowest BCUT2D eigenvalue weighted by Gasteiger charge is -2.35. The molecule has 1 aromatic rings. The van der Waals surface area contributed by atoms with E-state index in [0.717, 1.165) is 50.9 Å². The van der Waals surface area contributed by atoms with Gasteiger partial charge in [-0.2, -0.15) is 5.10 Å². The Morgan fingerprint density at radius 2 is 1.92 bits per heavy atom. The Bertz CT molecular complexity index is 594. The number of carbonyl (C=O) groups is 2. The van der Waals surface area contributed by atoms with Crippen molar-refractivity contribution >= 4 is 11.8 Å². The second kappa shape index (κ2) is 7.34. The molecule has 2 saturated heterocycles. The van der Waals surface area contributed by atoms with Crippen molar-refractivity contribution in [3.63, 3.8) is 0 Å². The Hall–Kier alpha value is -1.89. The molecule has 3 heterocycles. The van der Waals surface area contributed by atoms with Gasteiger partial charge in [-0.05, 0) is 32.7 Å². The molecule has 7 heteroatoms. The fourth-order valence-electron chi connectivity index (χ4n) is 3.78.